The lowest BCUT2D eigenvalue weighted by Gasteiger charge is -2.07. The van der Waals surface area contributed by atoms with Crippen LogP contribution in [0.15, 0.2) is 18.2 Å². The van der Waals surface area contributed by atoms with E-state index >= 15 is 0 Å². The number of hydrogen-bond donors (Lipinski definition) is 2. The molecule has 0 saturated carbocycles. The number of methoxy groups -OCH3 is 1. The van der Waals surface area contributed by atoms with Crippen LogP contribution in [0.2, 0.25) is 5.02 Å². The predicted octanol–water partition coefficient (Wildman–Crippen LogP) is 1.03. The molecular formula is C12H15ClN4O2. The second-order valence-corrected chi connectivity index (χ2v) is 4.41. The maximum Gasteiger partial charge on any atom is 0.240 e. The molecule has 2 rings (SSSR count). The number of nitrogens with zero attached hydrogens (tertiary/aromatic N) is 2. The Bertz CT molecular complexity index is 597. The van der Waals surface area contributed by atoms with E-state index in [2.05, 4.69) is 10.3 Å². The minimum atomic E-state index is -0.150. The quantitative estimate of drug-likeness (QED) is 0.803. The fourth-order valence-corrected chi connectivity index (χ4v) is 2.00. The van der Waals surface area contributed by atoms with Crippen LogP contribution in [0.4, 0.5) is 5.95 Å². The summed E-state index contributed by atoms with van der Waals surface area (Å²) in [5.74, 6) is 0.119. The van der Waals surface area contributed by atoms with Gasteiger partial charge in [0.15, 0.2) is 0 Å². The van der Waals surface area contributed by atoms with E-state index in [1.807, 2.05) is 6.07 Å². The molecule has 0 saturated heterocycles. The highest BCUT2D eigenvalue weighted by molar-refractivity contribution is 6.35. The zero-order valence-corrected chi connectivity index (χ0v) is 11.3. The monoisotopic (exact) mass is 282 g/mol. The maximum atomic E-state index is 11.8. The number of nitrogens with two attached hydrogens (primary N) is 1. The van der Waals surface area contributed by atoms with Gasteiger partial charge in [0.25, 0.3) is 0 Å². The number of amides is 1. The van der Waals surface area contributed by atoms with E-state index in [9.17, 15) is 4.79 Å². The molecule has 3 N–H and O–H groups in total. The number of fused-ring (bicyclic) bond motifs is 1. The first-order valence-electron chi connectivity index (χ1n) is 5.79. The van der Waals surface area contributed by atoms with Crippen LogP contribution in [0.5, 0.6) is 0 Å². The normalized spacial score (nSPS) is 10.8. The lowest BCUT2D eigenvalue weighted by atomic mass is 10.3. The van der Waals surface area contributed by atoms with Crippen molar-refractivity contribution < 1.29 is 9.53 Å². The van der Waals surface area contributed by atoms with Gasteiger partial charge in [-0.3, -0.25) is 4.79 Å². The number of nitrogen functional groups attached to an aromatic ring is 1. The summed E-state index contributed by atoms with van der Waals surface area (Å²) in [5.41, 5.74) is 7.16. The molecule has 0 unspecified atom stereocenters. The van der Waals surface area contributed by atoms with Gasteiger partial charge in [0.05, 0.1) is 17.1 Å². The molecule has 0 fully saturated rings. The van der Waals surface area contributed by atoms with Crippen LogP contribution < -0.4 is 11.1 Å². The summed E-state index contributed by atoms with van der Waals surface area (Å²) in [5, 5.41) is 3.24. The van der Waals surface area contributed by atoms with Crippen molar-refractivity contribution in [1.29, 1.82) is 0 Å². The number of halogens is 1. The highest BCUT2D eigenvalue weighted by Gasteiger charge is 2.13. The first-order valence-corrected chi connectivity index (χ1v) is 6.17. The van der Waals surface area contributed by atoms with Crippen molar-refractivity contribution in [2.24, 2.45) is 0 Å². The molecular weight excluding hydrogens is 268 g/mol. The molecule has 1 aromatic carbocycles. The molecule has 19 heavy (non-hydrogen) atoms. The van der Waals surface area contributed by atoms with Gasteiger partial charge in [-0.25, -0.2) is 4.98 Å². The van der Waals surface area contributed by atoms with Gasteiger partial charge in [0.1, 0.15) is 12.1 Å². The van der Waals surface area contributed by atoms with Crippen LogP contribution in [-0.4, -0.2) is 35.7 Å². The van der Waals surface area contributed by atoms with Gasteiger partial charge in [-0.15, -0.1) is 0 Å². The number of aromatic nitrogens is 2. The molecule has 0 aliphatic heterocycles. The lowest BCUT2D eigenvalue weighted by molar-refractivity contribution is -0.121. The number of imidazole rings is 1. The molecule has 0 aliphatic rings. The summed E-state index contributed by atoms with van der Waals surface area (Å²) < 4.78 is 6.49. The summed E-state index contributed by atoms with van der Waals surface area (Å²) in [7, 11) is 1.58. The van der Waals surface area contributed by atoms with Crippen molar-refractivity contribution in [2.75, 3.05) is 26.0 Å². The van der Waals surface area contributed by atoms with E-state index in [1.54, 1.807) is 23.8 Å². The number of carbonyl (C=O) groups excluding carboxylic acids is 1. The second kappa shape index (κ2) is 5.90. The molecule has 1 aromatic heterocycles. The molecule has 1 amide bonds. The Morgan fingerprint density at radius 1 is 1.58 bits per heavy atom. The number of nitrogens with one attached hydrogen (secondary N) is 1. The van der Waals surface area contributed by atoms with Crippen molar-refractivity contribution in [3.8, 4) is 0 Å². The van der Waals surface area contributed by atoms with Gasteiger partial charge in [-0.05, 0) is 12.1 Å². The Balaban J connectivity index is 2.18. The summed E-state index contributed by atoms with van der Waals surface area (Å²) in [6.07, 6.45) is 0. The number of anilines is 1. The Morgan fingerprint density at radius 3 is 3.11 bits per heavy atom. The van der Waals surface area contributed by atoms with E-state index in [4.69, 9.17) is 22.1 Å². The number of ether oxygens (including phenoxy) is 1. The largest absolute Gasteiger partial charge is 0.383 e. The number of hydrogen-bond acceptors (Lipinski definition) is 4. The van der Waals surface area contributed by atoms with Gasteiger partial charge in [0.2, 0.25) is 11.9 Å². The molecule has 0 radical (unpaired) electrons. The van der Waals surface area contributed by atoms with Crippen molar-refractivity contribution >= 4 is 34.5 Å². The van der Waals surface area contributed by atoms with Crippen LogP contribution in [-0.2, 0) is 16.1 Å². The zero-order valence-electron chi connectivity index (χ0n) is 10.5. The van der Waals surface area contributed by atoms with Crippen molar-refractivity contribution in [1.82, 2.24) is 14.9 Å². The minimum Gasteiger partial charge on any atom is -0.383 e. The molecule has 0 aliphatic carbocycles. The zero-order chi connectivity index (χ0) is 13.8. The molecule has 1 heterocycles. The van der Waals surface area contributed by atoms with E-state index in [1.165, 1.54) is 0 Å². The minimum absolute atomic E-state index is 0.104. The summed E-state index contributed by atoms with van der Waals surface area (Å²) >= 11 is 6.03. The number of para-hydroxylation sites is 1. The fraction of sp³-hybridized carbons (Fsp3) is 0.333. The topological polar surface area (TPSA) is 82.2 Å². The molecule has 0 spiro atoms. The molecule has 102 valence electrons. The van der Waals surface area contributed by atoms with Crippen molar-refractivity contribution in [3.05, 3.63) is 23.2 Å². The molecule has 7 heteroatoms. The van der Waals surface area contributed by atoms with Crippen molar-refractivity contribution in [3.63, 3.8) is 0 Å². The standard InChI is InChI=1S/C12H15ClN4O2/c1-19-6-5-15-10(18)7-17-9-4-2-3-8(13)11(9)16-12(17)14/h2-4H,5-7H2,1H3,(H2,14,16)(H,15,18). The number of benzene rings is 1. The van der Waals surface area contributed by atoms with E-state index < -0.39 is 0 Å². The number of rotatable bonds is 5. The van der Waals surface area contributed by atoms with E-state index in [0.717, 1.165) is 5.52 Å². The Labute approximate surface area is 115 Å². The fourth-order valence-electron chi connectivity index (χ4n) is 1.79. The van der Waals surface area contributed by atoms with Crippen LogP contribution >= 0.6 is 11.6 Å². The van der Waals surface area contributed by atoms with Gasteiger partial charge in [-0.2, -0.15) is 0 Å². The third kappa shape index (κ3) is 2.97. The average Bonchev–Trinajstić information content (AvgIpc) is 2.69. The number of carbonyl (C=O) groups is 1. The Kier molecular flexibility index (Phi) is 4.24. The predicted molar refractivity (Wildman–Crippen MR) is 74.0 cm³/mol. The second-order valence-electron chi connectivity index (χ2n) is 4.01. The van der Waals surface area contributed by atoms with Crippen molar-refractivity contribution in [2.45, 2.75) is 6.54 Å². The van der Waals surface area contributed by atoms with Gasteiger partial charge >= 0.3 is 0 Å². The van der Waals surface area contributed by atoms with E-state index in [-0.39, 0.29) is 18.4 Å². The van der Waals surface area contributed by atoms with Crippen LogP contribution in [0, 0.1) is 0 Å². The average molecular weight is 283 g/mol. The lowest BCUT2D eigenvalue weighted by Crippen LogP contribution is -2.30. The van der Waals surface area contributed by atoms with Gasteiger partial charge < -0.3 is 20.4 Å². The molecule has 2 aromatic rings. The van der Waals surface area contributed by atoms with Gasteiger partial charge in [0, 0.05) is 13.7 Å². The third-order valence-electron chi connectivity index (χ3n) is 2.69. The van der Waals surface area contributed by atoms with Gasteiger partial charge in [-0.1, -0.05) is 17.7 Å². The Morgan fingerprint density at radius 2 is 2.37 bits per heavy atom. The van der Waals surface area contributed by atoms with E-state index in [0.29, 0.717) is 23.7 Å². The highest BCUT2D eigenvalue weighted by Crippen LogP contribution is 2.24. The summed E-state index contributed by atoms with van der Waals surface area (Å²) in [6.45, 7) is 1.03. The smallest absolute Gasteiger partial charge is 0.240 e. The Hall–Kier alpha value is -1.79. The third-order valence-corrected chi connectivity index (χ3v) is 2.99. The van der Waals surface area contributed by atoms with Crippen LogP contribution in [0.1, 0.15) is 0 Å². The summed E-state index contributed by atoms with van der Waals surface area (Å²) in [6, 6.07) is 5.36. The highest BCUT2D eigenvalue weighted by atomic mass is 35.5. The SMILES string of the molecule is COCCNC(=O)Cn1c(N)nc2c(Cl)cccc21. The first-order chi connectivity index (χ1) is 9.13. The first kappa shape index (κ1) is 13.6. The molecule has 0 atom stereocenters. The van der Waals surface area contributed by atoms with Crippen LogP contribution in [0.25, 0.3) is 11.0 Å². The summed E-state index contributed by atoms with van der Waals surface area (Å²) in [4.78, 5) is 15.9. The molecule has 6 nitrogen and oxygen atoms in total. The molecule has 0 bridgehead atoms. The maximum absolute atomic E-state index is 11.8. The van der Waals surface area contributed by atoms with Crippen LogP contribution in [0.3, 0.4) is 0 Å².